The van der Waals surface area contributed by atoms with E-state index in [1.165, 1.54) is 0 Å². The molecule has 3 atom stereocenters. The van der Waals surface area contributed by atoms with Crippen LogP contribution in [0.2, 0.25) is 0 Å². The Balaban J connectivity index is 1.83. The summed E-state index contributed by atoms with van der Waals surface area (Å²) in [5.41, 5.74) is 0.153. The molecule has 2 aromatic carbocycles. The minimum atomic E-state index is -0.830. The smallest absolute Gasteiger partial charge is 0.199 e. The molecule has 0 aromatic heterocycles. The Morgan fingerprint density at radius 3 is 2.59 bits per heavy atom. The van der Waals surface area contributed by atoms with Crippen LogP contribution in [-0.4, -0.2) is 43.5 Å². The highest BCUT2D eigenvalue weighted by atomic mass is 16.7. The lowest BCUT2D eigenvalue weighted by Crippen LogP contribution is -2.38. The first-order valence-corrected chi connectivity index (χ1v) is 10.1. The van der Waals surface area contributed by atoms with Gasteiger partial charge in [0.15, 0.2) is 6.29 Å². The summed E-state index contributed by atoms with van der Waals surface area (Å²) in [5, 5.41) is 13.6. The lowest BCUT2D eigenvalue weighted by atomic mass is 9.79. The summed E-state index contributed by atoms with van der Waals surface area (Å²) >= 11 is 0. The standard InChI is InChI=1S/C23H33NO3/c1-5-23(25,17(2)16-24(3)4)20-11-9-19-15-21(12-10-18(19)14-20)27-22-8-6-7-13-26-22/h9-12,14-15,17,22,25H,5-8,13,16H2,1-4H3/t17-,22?,23+/m1/s1. The molecule has 1 saturated heterocycles. The molecule has 3 rings (SSSR count). The van der Waals surface area contributed by atoms with E-state index in [0.717, 1.165) is 54.5 Å². The molecule has 1 unspecified atom stereocenters. The zero-order valence-corrected chi connectivity index (χ0v) is 17.1. The lowest BCUT2D eigenvalue weighted by molar-refractivity contribution is -0.105. The maximum absolute atomic E-state index is 11.4. The van der Waals surface area contributed by atoms with Crippen molar-refractivity contribution in [3.05, 3.63) is 42.0 Å². The van der Waals surface area contributed by atoms with Crippen LogP contribution < -0.4 is 4.74 Å². The Hall–Kier alpha value is -1.62. The molecule has 148 valence electrons. The van der Waals surface area contributed by atoms with E-state index in [9.17, 15) is 5.11 Å². The van der Waals surface area contributed by atoms with Gasteiger partial charge in [0.1, 0.15) is 5.75 Å². The third kappa shape index (κ3) is 4.63. The Kier molecular flexibility index (Phi) is 6.40. The van der Waals surface area contributed by atoms with E-state index in [1.807, 2.05) is 20.2 Å². The molecule has 0 saturated carbocycles. The van der Waals surface area contributed by atoms with Gasteiger partial charge in [-0.2, -0.15) is 0 Å². The number of hydrogen-bond donors (Lipinski definition) is 1. The van der Waals surface area contributed by atoms with Gasteiger partial charge in [0.05, 0.1) is 12.2 Å². The van der Waals surface area contributed by atoms with Gasteiger partial charge in [-0.1, -0.05) is 32.0 Å². The van der Waals surface area contributed by atoms with E-state index in [1.54, 1.807) is 0 Å². The second kappa shape index (κ2) is 8.59. The van der Waals surface area contributed by atoms with Gasteiger partial charge in [-0.05, 0) is 67.9 Å². The molecule has 0 spiro atoms. The average Bonchev–Trinajstić information content (AvgIpc) is 2.67. The van der Waals surface area contributed by atoms with Crippen molar-refractivity contribution in [2.24, 2.45) is 5.92 Å². The SMILES string of the molecule is CC[C@@](O)(c1ccc2cc(OC3CCCCO3)ccc2c1)[C@H](C)CN(C)C. The van der Waals surface area contributed by atoms with Gasteiger partial charge in [0.2, 0.25) is 0 Å². The van der Waals surface area contributed by atoms with Gasteiger partial charge in [0.25, 0.3) is 0 Å². The van der Waals surface area contributed by atoms with Crippen LogP contribution in [0.1, 0.15) is 45.1 Å². The van der Waals surface area contributed by atoms with E-state index in [2.05, 4.69) is 49.1 Å². The highest BCUT2D eigenvalue weighted by Gasteiger charge is 2.34. The van der Waals surface area contributed by atoms with Crippen LogP contribution in [0.3, 0.4) is 0 Å². The predicted octanol–water partition coefficient (Wildman–Crippen LogP) is 4.54. The summed E-state index contributed by atoms with van der Waals surface area (Å²) in [6.07, 6.45) is 3.78. The van der Waals surface area contributed by atoms with Crippen molar-refractivity contribution in [2.45, 2.75) is 51.4 Å². The minimum absolute atomic E-state index is 0.132. The Morgan fingerprint density at radius 1 is 1.19 bits per heavy atom. The highest BCUT2D eigenvalue weighted by Crippen LogP contribution is 2.35. The van der Waals surface area contributed by atoms with E-state index in [0.29, 0.717) is 6.42 Å². The number of fused-ring (bicyclic) bond motifs is 1. The molecular weight excluding hydrogens is 338 g/mol. The van der Waals surface area contributed by atoms with E-state index >= 15 is 0 Å². The molecule has 2 aromatic rings. The molecule has 1 aliphatic rings. The first kappa shape index (κ1) is 20.1. The zero-order chi connectivity index (χ0) is 19.4. The van der Waals surface area contributed by atoms with Crippen LogP contribution in [0.15, 0.2) is 36.4 Å². The molecule has 1 fully saturated rings. The normalized spacial score (nSPS) is 21.2. The highest BCUT2D eigenvalue weighted by molar-refractivity contribution is 5.84. The topological polar surface area (TPSA) is 41.9 Å². The first-order valence-electron chi connectivity index (χ1n) is 10.1. The number of aliphatic hydroxyl groups is 1. The average molecular weight is 372 g/mol. The maximum atomic E-state index is 11.4. The molecule has 1 N–H and O–H groups in total. The van der Waals surface area contributed by atoms with Crippen molar-refractivity contribution in [1.82, 2.24) is 4.90 Å². The summed E-state index contributed by atoms with van der Waals surface area (Å²) in [7, 11) is 4.09. The fourth-order valence-electron chi connectivity index (χ4n) is 4.06. The van der Waals surface area contributed by atoms with Crippen molar-refractivity contribution < 1.29 is 14.6 Å². The molecule has 0 aliphatic carbocycles. The number of hydrogen-bond acceptors (Lipinski definition) is 4. The van der Waals surface area contributed by atoms with Crippen molar-refractivity contribution in [3.63, 3.8) is 0 Å². The van der Waals surface area contributed by atoms with Gasteiger partial charge in [-0.15, -0.1) is 0 Å². The summed E-state index contributed by atoms with van der Waals surface area (Å²) in [4.78, 5) is 2.13. The largest absolute Gasteiger partial charge is 0.465 e. The molecule has 1 heterocycles. The van der Waals surface area contributed by atoms with E-state index in [-0.39, 0.29) is 12.2 Å². The summed E-state index contributed by atoms with van der Waals surface area (Å²) in [6, 6.07) is 12.4. The van der Waals surface area contributed by atoms with Crippen LogP contribution in [0.4, 0.5) is 0 Å². The van der Waals surface area contributed by atoms with Crippen LogP contribution in [0.25, 0.3) is 10.8 Å². The first-order chi connectivity index (χ1) is 12.9. The summed E-state index contributed by atoms with van der Waals surface area (Å²) in [6.45, 7) is 5.80. The predicted molar refractivity (Wildman–Crippen MR) is 110 cm³/mol. The fraction of sp³-hybridized carbons (Fsp3) is 0.565. The Bertz CT molecular complexity index is 754. The monoisotopic (exact) mass is 371 g/mol. The van der Waals surface area contributed by atoms with Gasteiger partial charge >= 0.3 is 0 Å². The van der Waals surface area contributed by atoms with E-state index < -0.39 is 5.60 Å². The van der Waals surface area contributed by atoms with Crippen molar-refractivity contribution in [1.29, 1.82) is 0 Å². The van der Waals surface area contributed by atoms with E-state index in [4.69, 9.17) is 9.47 Å². The van der Waals surface area contributed by atoms with Crippen LogP contribution in [0, 0.1) is 5.92 Å². The van der Waals surface area contributed by atoms with Crippen LogP contribution >= 0.6 is 0 Å². The van der Waals surface area contributed by atoms with Crippen molar-refractivity contribution >= 4 is 10.8 Å². The fourth-order valence-corrected chi connectivity index (χ4v) is 4.06. The third-order valence-corrected chi connectivity index (χ3v) is 5.71. The van der Waals surface area contributed by atoms with Crippen LogP contribution in [0.5, 0.6) is 5.75 Å². The van der Waals surface area contributed by atoms with Crippen molar-refractivity contribution in [2.75, 3.05) is 27.2 Å². The van der Waals surface area contributed by atoms with Gasteiger partial charge in [-0.25, -0.2) is 0 Å². The second-order valence-corrected chi connectivity index (χ2v) is 8.08. The minimum Gasteiger partial charge on any atom is -0.465 e. The summed E-state index contributed by atoms with van der Waals surface area (Å²) in [5.74, 6) is 0.981. The zero-order valence-electron chi connectivity index (χ0n) is 17.1. The molecule has 4 nitrogen and oxygen atoms in total. The quantitative estimate of drug-likeness (QED) is 0.776. The number of benzene rings is 2. The van der Waals surface area contributed by atoms with Gasteiger partial charge < -0.3 is 19.5 Å². The van der Waals surface area contributed by atoms with Gasteiger partial charge in [-0.3, -0.25) is 0 Å². The third-order valence-electron chi connectivity index (χ3n) is 5.71. The molecule has 0 amide bonds. The van der Waals surface area contributed by atoms with Gasteiger partial charge in [0, 0.05) is 18.9 Å². The van der Waals surface area contributed by atoms with Crippen LogP contribution in [-0.2, 0) is 10.3 Å². The molecule has 27 heavy (non-hydrogen) atoms. The Labute approximate surface area is 163 Å². The lowest BCUT2D eigenvalue weighted by Gasteiger charge is -2.35. The van der Waals surface area contributed by atoms with Crippen molar-refractivity contribution in [3.8, 4) is 5.75 Å². The Morgan fingerprint density at radius 2 is 1.93 bits per heavy atom. The number of ether oxygens (including phenoxy) is 2. The molecule has 4 heteroatoms. The summed E-state index contributed by atoms with van der Waals surface area (Å²) < 4.78 is 11.7. The maximum Gasteiger partial charge on any atom is 0.199 e. The number of rotatable bonds is 7. The molecule has 1 aliphatic heterocycles. The second-order valence-electron chi connectivity index (χ2n) is 8.08. The number of nitrogens with zero attached hydrogens (tertiary/aromatic N) is 1. The molecule has 0 bridgehead atoms. The molecule has 0 radical (unpaired) electrons. The molecular formula is C23H33NO3.